The van der Waals surface area contributed by atoms with E-state index in [0.717, 1.165) is 0 Å². The Labute approximate surface area is 201 Å². The number of pyridine rings is 1. The number of nitrogens with zero attached hydrogens (tertiary/aromatic N) is 2. The number of sulfone groups is 1. The second-order valence-corrected chi connectivity index (χ2v) is 10.6. The molecule has 0 fully saturated rings. The number of benzene rings is 2. The van der Waals surface area contributed by atoms with Gasteiger partial charge in [0.05, 0.1) is 22.8 Å². The minimum absolute atomic E-state index is 0.0890. The van der Waals surface area contributed by atoms with E-state index in [1.165, 1.54) is 37.3 Å². The minimum atomic E-state index is -4.47. The van der Waals surface area contributed by atoms with E-state index in [-0.39, 0.29) is 56.6 Å². The highest BCUT2D eigenvalue weighted by Gasteiger charge is 2.30. The topological polar surface area (TPSA) is 111 Å². The average molecular weight is 526 g/mol. The normalized spacial score (nSPS) is 12.3. The number of aromatic nitrogens is 2. The number of anilines is 1. The van der Waals surface area contributed by atoms with Crippen LogP contribution in [0.3, 0.4) is 0 Å². The van der Waals surface area contributed by atoms with Gasteiger partial charge in [0.1, 0.15) is 11.2 Å². The molecule has 184 valence electrons. The lowest BCUT2D eigenvalue weighted by Gasteiger charge is -2.10. The number of alkyl halides is 3. The Morgan fingerprint density at radius 3 is 2.54 bits per heavy atom. The second kappa shape index (κ2) is 9.38. The molecule has 8 nitrogen and oxygen atoms in total. The molecule has 0 aliphatic carbocycles. The first-order chi connectivity index (χ1) is 16.5. The summed E-state index contributed by atoms with van der Waals surface area (Å²) in [5.74, 6) is -0.380. The summed E-state index contributed by atoms with van der Waals surface area (Å²) in [5.41, 5.74) is -3.57. The summed E-state index contributed by atoms with van der Waals surface area (Å²) >= 11 is -0.295. The van der Waals surface area contributed by atoms with Crippen molar-refractivity contribution in [3.8, 4) is 11.6 Å². The summed E-state index contributed by atoms with van der Waals surface area (Å²) in [4.78, 5) is 20.2. The first-order valence-electron chi connectivity index (χ1n) is 10.3. The van der Waals surface area contributed by atoms with E-state index in [0.29, 0.717) is 16.6 Å². The molecule has 0 atom stereocenters. The zero-order valence-electron chi connectivity index (χ0n) is 18.3. The number of amides is 1. The smallest absolute Gasteiger partial charge is 0.446 e. The Bertz CT molecular complexity index is 1530. The van der Waals surface area contributed by atoms with E-state index in [4.69, 9.17) is 9.15 Å². The fraction of sp³-hybridized carbons (Fsp3) is 0.227. The van der Waals surface area contributed by atoms with Gasteiger partial charge < -0.3 is 9.15 Å². The first-order valence-corrected chi connectivity index (χ1v) is 12.7. The number of carbonyl (C=O) groups excluding carboxylic acids is 1. The van der Waals surface area contributed by atoms with Gasteiger partial charge in [0.15, 0.2) is 15.4 Å². The third-order valence-electron chi connectivity index (χ3n) is 4.81. The molecule has 2 aromatic carbocycles. The molecule has 0 saturated carbocycles. The largest absolute Gasteiger partial charge is 0.450 e. The van der Waals surface area contributed by atoms with Gasteiger partial charge in [-0.25, -0.2) is 23.2 Å². The van der Waals surface area contributed by atoms with Crippen molar-refractivity contribution >= 4 is 55.4 Å². The van der Waals surface area contributed by atoms with Gasteiger partial charge in [0, 0.05) is 16.0 Å². The fourth-order valence-corrected chi connectivity index (χ4v) is 4.88. The number of halogens is 3. The van der Waals surface area contributed by atoms with Crippen LogP contribution in [0.25, 0.3) is 33.6 Å². The van der Waals surface area contributed by atoms with Crippen LogP contribution in [0, 0.1) is 0 Å². The highest BCUT2D eigenvalue weighted by molar-refractivity contribution is 8.00. The van der Waals surface area contributed by atoms with Gasteiger partial charge in [0.2, 0.25) is 5.89 Å². The fourth-order valence-electron chi connectivity index (χ4n) is 3.26. The minimum Gasteiger partial charge on any atom is -0.450 e. The van der Waals surface area contributed by atoms with Gasteiger partial charge in [0.25, 0.3) is 0 Å². The van der Waals surface area contributed by atoms with E-state index >= 15 is 0 Å². The number of fused-ring (bicyclic) bond motifs is 2. The Hall–Kier alpha value is -3.32. The molecule has 0 aliphatic rings. The Morgan fingerprint density at radius 2 is 1.86 bits per heavy atom. The van der Waals surface area contributed by atoms with Crippen molar-refractivity contribution in [2.75, 3.05) is 17.7 Å². The molecule has 2 heterocycles. The maximum atomic E-state index is 12.8. The van der Waals surface area contributed by atoms with E-state index in [2.05, 4.69) is 15.3 Å². The number of carbonyl (C=O) groups is 1. The van der Waals surface area contributed by atoms with Crippen LogP contribution < -0.4 is 5.32 Å². The molecule has 35 heavy (non-hydrogen) atoms. The zero-order chi connectivity index (χ0) is 25.4. The number of nitrogens with one attached hydrogen (secondary N) is 1. The quantitative estimate of drug-likeness (QED) is 0.304. The predicted molar refractivity (Wildman–Crippen MR) is 125 cm³/mol. The van der Waals surface area contributed by atoms with Crippen molar-refractivity contribution in [3.63, 3.8) is 0 Å². The summed E-state index contributed by atoms with van der Waals surface area (Å²) in [6.45, 7) is 3.32. The maximum Gasteiger partial charge on any atom is 0.446 e. The molecule has 0 bridgehead atoms. The number of ether oxygens (including phenoxy) is 1. The van der Waals surface area contributed by atoms with Crippen LogP contribution in [0.4, 0.5) is 23.7 Å². The van der Waals surface area contributed by atoms with Gasteiger partial charge >= 0.3 is 11.6 Å². The maximum absolute atomic E-state index is 12.8. The number of hydrogen-bond acceptors (Lipinski definition) is 8. The summed E-state index contributed by atoms with van der Waals surface area (Å²) in [5, 5.41) is 3.03. The summed E-state index contributed by atoms with van der Waals surface area (Å²) in [6, 6.07) is 9.88. The molecule has 1 N–H and O–H groups in total. The van der Waals surface area contributed by atoms with Gasteiger partial charge in [-0.2, -0.15) is 13.2 Å². The van der Waals surface area contributed by atoms with Crippen molar-refractivity contribution in [1.29, 1.82) is 0 Å². The van der Waals surface area contributed by atoms with Crippen molar-refractivity contribution in [2.24, 2.45) is 0 Å². The SMILES string of the molecule is CCOC(=O)Nc1ccc2cc(S(=O)(=O)CC)c(-c3nc4cc(SC(F)(F)F)ccc4o3)nc2c1. The summed E-state index contributed by atoms with van der Waals surface area (Å²) < 4.78 is 74.4. The van der Waals surface area contributed by atoms with E-state index in [1.807, 2.05) is 0 Å². The van der Waals surface area contributed by atoms with Gasteiger partial charge in [-0.15, -0.1) is 0 Å². The molecule has 2 aromatic heterocycles. The number of thioether (sulfide) groups is 1. The van der Waals surface area contributed by atoms with E-state index in [1.54, 1.807) is 19.1 Å². The molecule has 4 aromatic rings. The lowest BCUT2D eigenvalue weighted by atomic mass is 10.2. The molecule has 4 rings (SSSR count). The predicted octanol–water partition coefficient (Wildman–Crippen LogP) is 6.02. The van der Waals surface area contributed by atoms with Crippen molar-refractivity contribution < 1.29 is 35.5 Å². The van der Waals surface area contributed by atoms with Crippen LogP contribution in [0.2, 0.25) is 0 Å². The lowest BCUT2D eigenvalue weighted by molar-refractivity contribution is -0.0328. The van der Waals surface area contributed by atoms with Crippen LogP contribution in [-0.2, 0) is 14.6 Å². The van der Waals surface area contributed by atoms with Crippen molar-refractivity contribution in [3.05, 3.63) is 42.5 Å². The van der Waals surface area contributed by atoms with Crippen LogP contribution in [-0.4, -0.2) is 42.3 Å². The van der Waals surface area contributed by atoms with Gasteiger partial charge in [-0.05, 0) is 55.1 Å². The van der Waals surface area contributed by atoms with Crippen LogP contribution in [0.5, 0.6) is 0 Å². The summed E-state index contributed by atoms with van der Waals surface area (Å²) in [7, 11) is -3.78. The molecule has 13 heteroatoms. The van der Waals surface area contributed by atoms with Crippen molar-refractivity contribution in [1.82, 2.24) is 9.97 Å². The Morgan fingerprint density at radius 1 is 1.09 bits per heavy atom. The molecule has 0 aliphatic heterocycles. The molecule has 1 amide bonds. The molecule has 0 saturated heterocycles. The first kappa shape index (κ1) is 24.8. The Kier molecular flexibility index (Phi) is 6.64. The highest BCUT2D eigenvalue weighted by atomic mass is 32.2. The lowest BCUT2D eigenvalue weighted by Crippen LogP contribution is -2.13. The summed E-state index contributed by atoms with van der Waals surface area (Å²) in [6.07, 6.45) is -0.663. The Balaban J connectivity index is 1.85. The molecular weight excluding hydrogens is 507 g/mol. The van der Waals surface area contributed by atoms with Gasteiger partial charge in [-0.1, -0.05) is 13.0 Å². The van der Waals surface area contributed by atoms with Crippen LogP contribution in [0.15, 0.2) is 56.7 Å². The van der Waals surface area contributed by atoms with Crippen LogP contribution in [0.1, 0.15) is 13.8 Å². The third-order valence-corrected chi connectivity index (χ3v) is 7.28. The number of oxazole rings is 1. The number of rotatable bonds is 6. The second-order valence-electron chi connectivity index (χ2n) is 7.19. The number of hydrogen-bond donors (Lipinski definition) is 1. The van der Waals surface area contributed by atoms with E-state index < -0.39 is 21.4 Å². The third kappa shape index (κ3) is 5.51. The molecule has 0 spiro atoms. The van der Waals surface area contributed by atoms with Crippen molar-refractivity contribution in [2.45, 2.75) is 29.1 Å². The van der Waals surface area contributed by atoms with E-state index in [9.17, 15) is 26.4 Å². The van der Waals surface area contributed by atoms with Crippen LogP contribution >= 0.6 is 11.8 Å². The zero-order valence-corrected chi connectivity index (χ0v) is 20.0. The highest BCUT2D eigenvalue weighted by Crippen LogP contribution is 2.39. The monoisotopic (exact) mass is 525 g/mol. The van der Waals surface area contributed by atoms with Gasteiger partial charge in [-0.3, -0.25) is 5.32 Å². The average Bonchev–Trinajstić information content (AvgIpc) is 3.20. The molecule has 0 unspecified atom stereocenters. The molecule has 0 radical (unpaired) electrons. The molecular formula is C22H18F3N3O5S2. The standard InChI is InChI=1S/C22H18F3N3O5S2/c1-3-32-21(29)26-13-6-5-12-9-18(35(30,31)4-2)19(27-15(12)10-13)20-28-16-11-14(34-22(23,24)25)7-8-17(16)33-20/h5-11H,3-4H2,1-2H3,(H,26,29).